The Morgan fingerprint density at radius 3 is 2.62 bits per heavy atom. The molecule has 0 spiro atoms. The second kappa shape index (κ2) is 5.68. The van der Waals surface area contributed by atoms with Crippen molar-refractivity contribution in [1.29, 1.82) is 0 Å². The molecule has 1 rings (SSSR count). The molecule has 0 aromatic carbocycles. The lowest BCUT2D eigenvalue weighted by Gasteiger charge is -2.23. The third-order valence-corrected chi connectivity index (χ3v) is 2.70. The Kier molecular flexibility index (Phi) is 4.52. The van der Waals surface area contributed by atoms with Crippen molar-refractivity contribution in [3.63, 3.8) is 0 Å². The molecule has 0 atom stereocenters. The molecular weight excluding hydrogens is 200 g/mol. The van der Waals surface area contributed by atoms with E-state index in [1.54, 1.807) is 6.20 Å². The predicted molar refractivity (Wildman–Crippen MR) is 68.8 cm³/mol. The molecule has 0 fully saturated rings. The van der Waals surface area contributed by atoms with E-state index in [0.717, 1.165) is 25.3 Å². The summed E-state index contributed by atoms with van der Waals surface area (Å²) in [4.78, 5) is 8.50. The molecule has 0 aliphatic carbocycles. The SMILES string of the molecule is CCNc1nccc(NCC(C)(C)CC)n1. The van der Waals surface area contributed by atoms with Gasteiger partial charge >= 0.3 is 0 Å². The maximum absolute atomic E-state index is 4.37. The summed E-state index contributed by atoms with van der Waals surface area (Å²) in [7, 11) is 0. The van der Waals surface area contributed by atoms with Crippen LogP contribution in [0.2, 0.25) is 0 Å². The highest BCUT2D eigenvalue weighted by molar-refractivity contribution is 5.39. The molecular formula is C12H22N4. The minimum absolute atomic E-state index is 0.295. The number of nitrogens with one attached hydrogen (secondary N) is 2. The molecule has 4 nitrogen and oxygen atoms in total. The van der Waals surface area contributed by atoms with Crippen LogP contribution < -0.4 is 10.6 Å². The van der Waals surface area contributed by atoms with Gasteiger partial charge in [0.2, 0.25) is 5.95 Å². The zero-order chi connectivity index (χ0) is 12.0. The van der Waals surface area contributed by atoms with Crippen LogP contribution in [-0.4, -0.2) is 23.1 Å². The second-order valence-corrected chi connectivity index (χ2v) is 4.67. The van der Waals surface area contributed by atoms with E-state index in [-0.39, 0.29) is 0 Å². The molecule has 0 saturated heterocycles. The van der Waals surface area contributed by atoms with Crippen molar-refractivity contribution in [1.82, 2.24) is 9.97 Å². The first-order valence-electron chi connectivity index (χ1n) is 5.88. The fourth-order valence-electron chi connectivity index (χ4n) is 1.16. The Bertz CT molecular complexity index is 323. The van der Waals surface area contributed by atoms with Crippen LogP contribution in [0.15, 0.2) is 12.3 Å². The van der Waals surface area contributed by atoms with E-state index in [1.165, 1.54) is 0 Å². The molecule has 0 aliphatic rings. The fraction of sp³-hybridized carbons (Fsp3) is 0.667. The van der Waals surface area contributed by atoms with E-state index in [9.17, 15) is 0 Å². The Morgan fingerprint density at radius 2 is 2.00 bits per heavy atom. The third kappa shape index (κ3) is 4.04. The van der Waals surface area contributed by atoms with E-state index >= 15 is 0 Å². The van der Waals surface area contributed by atoms with Crippen molar-refractivity contribution in [3.8, 4) is 0 Å². The molecule has 0 saturated carbocycles. The summed E-state index contributed by atoms with van der Waals surface area (Å²) in [6.45, 7) is 10.5. The average Bonchev–Trinajstić information content (AvgIpc) is 2.28. The first-order chi connectivity index (χ1) is 7.57. The minimum atomic E-state index is 0.295. The Balaban J connectivity index is 2.57. The summed E-state index contributed by atoms with van der Waals surface area (Å²) in [5.74, 6) is 1.56. The average molecular weight is 222 g/mol. The molecule has 0 aliphatic heterocycles. The standard InChI is InChI=1S/C12H22N4/c1-5-12(3,4)9-15-10-7-8-14-11(16-10)13-6-2/h7-8H,5-6,9H2,1-4H3,(H2,13,14,15,16). The summed E-state index contributed by atoms with van der Waals surface area (Å²) in [5.41, 5.74) is 0.295. The minimum Gasteiger partial charge on any atom is -0.369 e. The summed E-state index contributed by atoms with van der Waals surface area (Å²) in [5, 5.41) is 6.44. The van der Waals surface area contributed by atoms with Crippen LogP contribution in [0, 0.1) is 5.41 Å². The van der Waals surface area contributed by atoms with Crippen molar-refractivity contribution in [2.75, 3.05) is 23.7 Å². The summed E-state index contributed by atoms with van der Waals surface area (Å²) < 4.78 is 0. The molecule has 0 amide bonds. The Labute approximate surface area is 97.9 Å². The molecule has 16 heavy (non-hydrogen) atoms. The van der Waals surface area contributed by atoms with Gasteiger partial charge in [0.05, 0.1) is 0 Å². The Morgan fingerprint density at radius 1 is 1.25 bits per heavy atom. The number of nitrogens with zero attached hydrogens (tertiary/aromatic N) is 2. The maximum Gasteiger partial charge on any atom is 0.224 e. The molecule has 90 valence electrons. The van der Waals surface area contributed by atoms with Crippen molar-refractivity contribution in [2.45, 2.75) is 34.1 Å². The molecule has 1 heterocycles. The summed E-state index contributed by atoms with van der Waals surface area (Å²) >= 11 is 0. The first-order valence-corrected chi connectivity index (χ1v) is 5.88. The normalized spacial score (nSPS) is 11.2. The fourth-order valence-corrected chi connectivity index (χ4v) is 1.16. The van der Waals surface area contributed by atoms with Gasteiger partial charge in [-0.2, -0.15) is 4.98 Å². The number of rotatable bonds is 6. The van der Waals surface area contributed by atoms with E-state index in [2.05, 4.69) is 41.4 Å². The van der Waals surface area contributed by atoms with Crippen molar-refractivity contribution < 1.29 is 0 Å². The van der Waals surface area contributed by atoms with Crippen LogP contribution in [0.5, 0.6) is 0 Å². The molecule has 4 heteroatoms. The largest absolute Gasteiger partial charge is 0.369 e. The van der Waals surface area contributed by atoms with Crippen molar-refractivity contribution in [3.05, 3.63) is 12.3 Å². The number of hydrogen-bond donors (Lipinski definition) is 2. The van der Waals surface area contributed by atoms with Crippen molar-refractivity contribution >= 4 is 11.8 Å². The van der Waals surface area contributed by atoms with Crippen LogP contribution in [0.1, 0.15) is 34.1 Å². The van der Waals surface area contributed by atoms with Crippen LogP contribution in [0.4, 0.5) is 11.8 Å². The monoisotopic (exact) mass is 222 g/mol. The van der Waals surface area contributed by atoms with E-state index < -0.39 is 0 Å². The first kappa shape index (κ1) is 12.7. The zero-order valence-electron chi connectivity index (χ0n) is 10.7. The molecule has 0 bridgehead atoms. The van der Waals surface area contributed by atoms with E-state index in [1.807, 2.05) is 13.0 Å². The van der Waals surface area contributed by atoms with Gasteiger partial charge in [0.25, 0.3) is 0 Å². The molecule has 1 aromatic heterocycles. The number of hydrogen-bond acceptors (Lipinski definition) is 4. The lowest BCUT2D eigenvalue weighted by Crippen LogP contribution is -2.22. The zero-order valence-corrected chi connectivity index (χ0v) is 10.7. The van der Waals surface area contributed by atoms with E-state index in [4.69, 9.17) is 0 Å². The highest BCUT2D eigenvalue weighted by atomic mass is 15.1. The van der Waals surface area contributed by atoms with E-state index in [0.29, 0.717) is 11.4 Å². The molecule has 0 unspecified atom stereocenters. The molecule has 2 N–H and O–H groups in total. The summed E-state index contributed by atoms with van der Waals surface area (Å²) in [6, 6.07) is 1.90. The molecule has 1 aromatic rings. The van der Waals surface area contributed by atoms with Gasteiger partial charge in [-0.15, -0.1) is 0 Å². The van der Waals surface area contributed by atoms with Crippen molar-refractivity contribution in [2.24, 2.45) is 5.41 Å². The van der Waals surface area contributed by atoms with Gasteiger partial charge in [0.15, 0.2) is 0 Å². The Hall–Kier alpha value is -1.32. The van der Waals surface area contributed by atoms with Crippen LogP contribution >= 0.6 is 0 Å². The quantitative estimate of drug-likeness (QED) is 0.777. The van der Waals surface area contributed by atoms with Crippen LogP contribution in [-0.2, 0) is 0 Å². The number of aromatic nitrogens is 2. The summed E-state index contributed by atoms with van der Waals surface area (Å²) in [6.07, 6.45) is 2.91. The van der Waals surface area contributed by atoms with Gasteiger partial charge in [0.1, 0.15) is 5.82 Å². The third-order valence-electron chi connectivity index (χ3n) is 2.70. The maximum atomic E-state index is 4.37. The van der Waals surface area contributed by atoms with Gasteiger partial charge in [-0.1, -0.05) is 20.8 Å². The predicted octanol–water partition coefficient (Wildman–Crippen LogP) is 2.76. The molecule has 0 radical (unpaired) electrons. The lowest BCUT2D eigenvalue weighted by molar-refractivity contribution is 0.376. The van der Waals surface area contributed by atoms with Gasteiger partial charge < -0.3 is 10.6 Å². The highest BCUT2D eigenvalue weighted by Crippen LogP contribution is 2.19. The second-order valence-electron chi connectivity index (χ2n) is 4.67. The smallest absolute Gasteiger partial charge is 0.224 e. The van der Waals surface area contributed by atoms with Gasteiger partial charge in [-0.05, 0) is 24.8 Å². The number of anilines is 2. The van der Waals surface area contributed by atoms with Gasteiger partial charge in [-0.25, -0.2) is 4.98 Å². The van der Waals surface area contributed by atoms with Gasteiger partial charge in [0, 0.05) is 19.3 Å². The lowest BCUT2D eigenvalue weighted by atomic mass is 9.90. The van der Waals surface area contributed by atoms with Crippen LogP contribution in [0.25, 0.3) is 0 Å². The topological polar surface area (TPSA) is 49.8 Å². The van der Waals surface area contributed by atoms with Crippen LogP contribution in [0.3, 0.4) is 0 Å². The van der Waals surface area contributed by atoms with Gasteiger partial charge in [-0.3, -0.25) is 0 Å². The highest BCUT2D eigenvalue weighted by Gasteiger charge is 2.14.